The highest BCUT2D eigenvalue weighted by Crippen LogP contribution is 2.36. The Hall–Kier alpha value is -2.15. The molecule has 0 aliphatic carbocycles. The first-order chi connectivity index (χ1) is 14.4. The van der Waals surface area contributed by atoms with Gasteiger partial charge in [-0.1, -0.05) is 36.8 Å². The second-order valence-corrected chi connectivity index (χ2v) is 9.12. The van der Waals surface area contributed by atoms with Crippen LogP contribution >= 0.6 is 24.0 Å². The summed E-state index contributed by atoms with van der Waals surface area (Å²) in [6.07, 6.45) is 6.21. The maximum absolute atomic E-state index is 12.9. The van der Waals surface area contributed by atoms with Crippen molar-refractivity contribution >= 4 is 46.1 Å². The lowest BCUT2D eigenvalue weighted by Crippen LogP contribution is -2.34. The number of nitrogens with zero attached hydrogens (tertiary/aromatic N) is 4. The zero-order chi connectivity index (χ0) is 21.8. The van der Waals surface area contributed by atoms with Crippen molar-refractivity contribution in [2.75, 3.05) is 38.3 Å². The molecule has 2 aliphatic heterocycles. The maximum atomic E-state index is 12.9. The number of carbonyl (C=O) groups excluding carboxylic acids is 1. The number of methoxy groups -OCH3 is 1. The minimum atomic E-state index is -0.306. The van der Waals surface area contributed by atoms with Crippen LogP contribution in [0.25, 0.3) is 6.08 Å². The molecule has 0 radical (unpaired) electrons. The van der Waals surface area contributed by atoms with Crippen molar-refractivity contribution in [1.29, 1.82) is 5.26 Å². The number of anilines is 1. The summed E-state index contributed by atoms with van der Waals surface area (Å²) in [5.41, 5.74) is 1.14. The molecule has 160 valence electrons. The van der Waals surface area contributed by atoms with Crippen LogP contribution in [0.15, 0.2) is 9.70 Å². The number of hydrogen-bond acceptors (Lipinski definition) is 7. The summed E-state index contributed by atoms with van der Waals surface area (Å²) in [5, 5.41) is 9.58. The van der Waals surface area contributed by atoms with Gasteiger partial charge in [-0.15, -0.1) is 0 Å². The fraction of sp³-hybridized carbons (Fsp3) is 0.524. The van der Waals surface area contributed by atoms with Crippen LogP contribution in [0, 0.1) is 18.3 Å². The Morgan fingerprint density at radius 3 is 2.50 bits per heavy atom. The number of nitriles is 1. The molecule has 2 saturated heterocycles. The molecule has 0 N–H and O–H groups in total. The Morgan fingerprint density at radius 2 is 1.90 bits per heavy atom. The molecule has 9 heteroatoms. The lowest BCUT2D eigenvalue weighted by Gasteiger charge is -2.28. The number of pyridine rings is 1. The van der Waals surface area contributed by atoms with E-state index in [2.05, 4.69) is 4.90 Å². The first kappa shape index (κ1) is 22.5. The minimum absolute atomic E-state index is 0.109. The average molecular weight is 447 g/mol. The summed E-state index contributed by atoms with van der Waals surface area (Å²) >= 11 is 6.63. The molecular weight excluding hydrogens is 420 g/mol. The molecule has 0 spiro atoms. The number of thiocarbonyl (C=S) groups is 1. The van der Waals surface area contributed by atoms with E-state index in [-0.39, 0.29) is 17.0 Å². The van der Waals surface area contributed by atoms with E-state index in [0.29, 0.717) is 27.9 Å². The van der Waals surface area contributed by atoms with Gasteiger partial charge >= 0.3 is 0 Å². The average Bonchev–Trinajstić information content (AvgIpc) is 2.90. The standard InChI is InChI=1S/C21H26N4O3S2/c1-14-15(12-17-20(27)25(10-11-28-3)21(29)30-17)18(23(2)19(26)16(14)13-22)24-8-6-4-5-7-9-24/h12H,4-11H2,1-3H3. The molecule has 3 heterocycles. The van der Waals surface area contributed by atoms with E-state index >= 15 is 0 Å². The quantitative estimate of drug-likeness (QED) is 0.508. The van der Waals surface area contributed by atoms with Crippen LogP contribution in [0.3, 0.4) is 0 Å². The van der Waals surface area contributed by atoms with Gasteiger partial charge in [-0.05, 0) is 31.4 Å². The SMILES string of the molecule is COCCN1C(=O)C(=Cc2c(C)c(C#N)c(=O)n(C)c2N2CCCCCC2)SC1=S. The third kappa shape index (κ3) is 4.31. The number of rotatable bonds is 5. The normalized spacial score (nSPS) is 18.8. The van der Waals surface area contributed by atoms with Gasteiger partial charge in [-0.3, -0.25) is 19.1 Å². The Labute approximate surface area is 186 Å². The van der Waals surface area contributed by atoms with Crippen molar-refractivity contribution < 1.29 is 9.53 Å². The van der Waals surface area contributed by atoms with Gasteiger partial charge in [0.05, 0.1) is 18.1 Å². The molecule has 2 fully saturated rings. The van der Waals surface area contributed by atoms with Crippen LogP contribution in [0.1, 0.15) is 42.4 Å². The van der Waals surface area contributed by atoms with Crippen molar-refractivity contribution in [3.05, 3.63) is 31.9 Å². The first-order valence-electron chi connectivity index (χ1n) is 10.0. The molecule has 0 bridgehead atoms. The van der Waals surface area contributed by atoms with Crippen molar-refractivity contribution in [3.63, 3.8) is 0 Å². The van der Waals surface area contributed by atoms with Crippen LogP contribution in [0.2, 0.25) is 0 Å². The smallest absolute Gasteiger partial charge is 0.270 e. The first-order valence-corrected chi connectivity index (χ1v) is 11.3. The van der Waals surface area contributed by atoms with Crippen molar-refractivity contribution in [2.24, 2.45) is 7.05 Å². The van der Waals surface area contributed by atoms with Gasteiger partial charge in [0.2, 0.25) is 0 Å². The lowest BCUT2D eigenvalue weighted by atomic mass is 10.0. The number of thioether (sulfide) groups is 1. The molecule has 0 unspecified atom stereocenters. The number of ether oxygens (including phenoxy) is 1. The minimum Gasteiger partial charge on any atom is -0.383 e. The predicted molar refractivity (Wildman–Crippen MR) is 124 cm³/mol. The van der Waals surface area contributed by atoms with Gasteiger partial charge in [0.25, 0.3) is 11.5 Å². The molecule has 2 aliphatic rings. The summed E-state index contributed by atoms with van der Waals surface area (Å²) in [4.78, 5) is 30.0. The van der Waals surface area contributed by atoms with Gasteiger partial charge in [-0.25, -0.2) is 0 Å². The van der Waals surface area contributed by atoms with Gasteiger partial charge in [0, 0.05) is 32.8 Å². The van der Waals surface area contributed by atoms with Crippen molar-refractivity contribution in [3.8, 4) is 6.07 Å². The molecule has 3 rings (SSSR count). The van der Waals surface area contributed by atoms with Gasteiger partial charge < -0.3 is 9.64 Å². The second-order valence-electron chi connectivity index (χ2n) is 7.44. The summed E-state index contributed by atoms with van der Waals surface area (Å²) in [7, 11) is 3.28. The summed E-state index contributed by atoms with van der Waals surface area (Å²) in [5.74, 6) is 0.594. The topological polar surface area (TPSA) is 78.6 Å². The van der Waals surface area contributed by atoms with E-state index < -0.39 is 0 Å². The fourth-order valence-corrected chi connectivity index (χ4v) is 5.17. The summed E-state index contributed by atoms with van der Waals surface area (Å²) in [6, 6.07) is 2.04. The van der Waals surface area contributed by atoms with E-state index in [1.807, 2.05) is 6.07 Å². The highest BCUT2D eigenvalue weighted by molar-refractivity contribution is 8.26. The molecule has 30 heavy (non-hydrogen) atoms. The predicted octanol–water partition coefficient (Wildman–Crippen LogP) is 2.79. The van der Waals surface area contributed by atoms with E-state index in [4.69, 9.17) is 17.0 Å². The van der Waals surface area contributed by atoms with Crippen LogP contribution in [0.4, 0.5) is 5.82 Å². The largest absolute Gasteiger partial charge is 0.383 e. The monoisotopic (exact) mass is 446 g/mol. The van der Waals surface area contributed by atoms with Gasteiger partial charge in [-0.2, -0.15) is 5.26 Å². The molecule has 0 aromatic carbocycles. The molecule has 0 saturated carbocycles. The van der Waals surface area contributed by atoms with E-state index in [0.717, 1.165) is 50.2 Å². The zero-order valence-electron chi connectivity index (χ0n) is 17.6. The number of hydrogen-bond donors (Lipinski definition) is 0. The molecule has 7 nitrogen and oxygen atoms in total. The third-order valence-corrected chi connectivity index (χ3v) is 6.92. The maximum Gasteiger partial charge on any atom is 0.270 e. The molecule has 0 atom stereocenters. The lowest BCUT2D eigenvalue weighted by molar-refractivity contribution is -0.122. The molecule has 1 aromatic heterocycles. The van der Waals surface area contributed by atoms with Gasteiger partial charge in [0.15, 0.2) is 0 Å². The molecule has 1 aromatic rings. The van der Waals surface area contributed by atoms with Crippen LogP contribution in [0.5, 0.6) is 0 Å². The Bertz CT molecular complexity index is 985. The third-order valence-electron chi connectivity index (χ3n) is 5.54. The Balaban J connectivity index is 2.13. The summed E-state index contributed by atoms with van der Waals surface area (Å²) < 4.78 is 7.12. The number of amides is 1. The van der Waals surface area contributed by atoms with E-state index in [1.54, 1.807) is 31.7 Å². The molecule has 1 amide bonds. The van der Waals surface area contributed by atoms with Crippen molar-refractivity contribution in [2.45, 2.75) is 32.6 Å². The number of carbonyl (C=O) groups is 1. The summed E-state index contributed by atoms with van der Waals surface area (Å²) in [6.45, 7) is 4.25. The van der Waals surface area contributed by atoms with E-state index in [9.17, 15) is 14.9 Å². The second kappa shape index (κ2) is 9.77. The van der Waals surface area contributed by atoms with Crippen LogP contribution in [-0.4, -0.2) is 53.0 Å². The van der Waals surface area contributed by atoms with Crippen LogP contribution < -0.4 is 10.5 Å². The van der Waals surface area contributed by atoms with E-state index in [1.165, 1.54) is 16.7 Å². The zero-order valence-corrected chi connectivity index (χ0v) is 19.2. The highest BCUT2D eigenvalue weighted by Gasteiger charge is 2.33. The Morgan fingerprint density at radius 1 is 1.23 bits per heavy atom. The number of aromatic nitrogens is 1. The van der Waals surface area contributed by atoms with Crippen molar-refractivity contribution in [1.82, 2.24) is 9.47 Å². The highest BCUT2D eigenvalue weighted by atomic mass is 32.2. The van der Waals surface area contributed by atoms with Crippen LogP contribution in [-0.2, 0) is 16.6 Å². The Kier molecular flexibility index (Phi) is 7.34. The molecular formula is C21H26N4O3S2. The van der Waals surface area contributed by atoms with Gasteiger partial charge in [0.1, 0.15) is 21.8 Å². The fourth-order valence-electron chi connectivity index (χ4n) is 3.88.